The first kappa shape index (κ1) is 24.0. The Labute approximate surface area is 191 Å². The standard InChI is InChI=1S/C25H36N4O3/c1-4-11-29(21-9-12-32-13-10-21)23-8-7-20(19(6-3)15-24(30)31)14-22(23)28-25-26-16-18(5-2)17-27-25/h7-8,14,16-17,19,21H,4-6,9-13,15H2,1-3H3,(H,30,31)(H,26,27,28). The van der Waals surface area contributed by atoms with Crippen LogP contribution in [0.5, 0.6) is 0 Å². The second-order valence-electron chi connectivity index (χ2n) is 8.41. The molecular weight excluding hydrogens is 404 g/mol. The molecule has 1 aromatic heterocycles. The molecule has 2 N–H and O–H groups in total. The maximum Gasteiger partial charge on any atom is 0.303 e. The lowest BCUT2D eigenvalue weighted by Crippen LogP contribution is -2.40. The lowest BCUT2D eigenvalue weighted by molar-refractivity contribution is -0.137. The van der Waals surface area contributed by atoms with Crippen molar-refractivity contribution in [1.29, 1.82) is 0 Å². The number of nitrogens with one attached hydrogen (secondary N) is 1. The van der Waals surface area contributed by atoms with E-state index in [2.05, 4.69) is 52.2 Å². The maximum absolute atomic E-state index is 11.4. The van der Waals surface area contributed by atoms with Crippen molar-refractivity contribution < 1.29 is 14.6 Å². The fraction of sp³-hybridized carbons (Fsp3) is 0.560. The Hall–Kier alpha value is -2.67. The van der Waals surface area contributed by atoms with Crippen LogP contribution >= 0.6 is 0 Å². The van der Waals surface area contributed by atoms with Crippen molar-refractivity contribution in [3.8, 4) is 0 Å². The highest BCUT2D eigenvalue weighted by Crippen LogP contribution is 2.36. The molecule has 1 aromatic carbocycles. The summed E-state index contributed by atoms with van der Waals surface area (Å²) >= 11 is 0. The third-order valence-corrected chi connectivity index (χ3v) is 6.17. The zero-order chi connectivity index (χ0) is 22.9. The minimum atomic E-state index is -0.774. The number of carboxylic acids is 1. The Bertz CT molecular complexity index is 866. The van der Waals surface area contributed by atoms with Crippen LogP contribution in [0.4, 0.5) is 17.3 Å². The van der Waals surface area contributed by atoms with Gasteiger partial charge in [-0.3, -0.25) is 4.79 Å². The quantitative estimate of drug-likeness (QED) is 0.500. The molecule has 0 saturated carbocycles. The summed E-state index contributed by atoms with van der Waals surface area (Å²) < 4.78 is 5.60. The van der Waals surface area contributed by atoms with Crippen molar-refractivity contribution in [3.63, 3.8) is 0 Å². The Balaban J connectivity index is 1.99. The van der Waals surface area contributed by atoms with E-state index < -0.39 is 5.97 Å². The fourth-order valence-electron chi connectivity index (χ4n) is 4.33. The van der Waals surface area contributed by atoms with E-state index in [0.717, 1.165) is 74.4 Å². The molecule has 7 heteroatoms. The minimum Gasteiger partial charge on any atom is -0.481 e. The first-order valence-corrected chi connectivity index (χ1v) is 11.8. The van der Waals surface area contributed by atoms with E-state index in [4.69, 9.17) is 4.74 Å². The summed E-state index contributed by atoms with van der Waals surface area (Å²) in [5, 5.41) is 12.8. The van der Waals surface area contributed by atoms with Gasteiger partial charge in [0.25, 0.3) is 0 Å². The van der Waals surface area contributed by atoms with Gasteiger partial charge in [-0.05, 0) is 61.3 Å². The van der Waals surface area contributed by atoms with E-state index in [0.29, 0.717) is 12.0 Å². The smallest absolute Gasteiger partial charge is 0.303 e. The molecule has 2 heterocycles. The number of carbonyl (C=O) groups is 1. The highest BCUT2D eigenvalue weighted by atomic mass is 16.5. The number of aliphatic carboxylic acids is 1. The summed E-state index contributed by atoms with van der Waals surface area (Å²) in [5.74, 6) is -0.257. The van der Waals surface area contributed by atoms with Gasteiger partial charge in [-0.2, -0.15) is 0 Å². The second kappa shape index (κ2) is 11.8. The van der Waals surface area contributed by atoms with Crippen LogP contribution in [0.3, 0.4) is 0 Å². The van der Waals surface area contributed by atoms with Gasteiger partial charge in [0.05, 0.1) is 17.8 Å². The van der Waals surface area contributed by atoms with Crippen LogP contribution < -0.4 is 10.2 Å². The molecule has 0 aliphatic carbocycles. The van der Waals surface area contributed by atoms with E-state index >= 15 is 0 Å². The van der Waals surface area contributed by atoms with Crippen LogP contribution in [0.2, 0.25) is 0 Å². The molecule has 7 nitrogen and oxygen atoms in total. The SMILES string of the molecule is CCCN(c1ccc(C(CC)CC(=O)O)cc1Nc1ncc(CC)cn1)C1CCOCC1. The monoisotopic (exact) mass is 440 g/mol. The van der Waals surface area contributed by atoms with Gasteiger partial charge in [0.2, 0.25) is 5.95 Å². The third kappa shape index (κ3) is 6.19. The molecule has 174 valence electrons. The lowest BCUT2D eigenvalue weighted by Gasteiger charge is -2.37. The van der Waals surface area contributed by atoms with Gasteiger partial charge in [0.1, 0.15) is 0 Å². The van der Waals surface area contributed by atoms with Gasteiger partial charge >= 0.3 is 5.97 Å². The van der Waals surface area contributed by atoms with Crippen molar-refractivity contribution in [2.24, 2.45) is 0 Å². The fourth-order valence-corrected chi connectivity index (χ4v) is 4.33. The summed E-state index contributed by atoms with van der Waals surface area (Å²) in [4.78, 5) is 22.8. The Morgan fingerprint density at radius 3 is 2.53 bits per heavy atom. The average Bonchev–Trinajstić information content (AvgIpc) is 2.82. The van der Waals surface area contributed by atoms with Crippen LogP contribution in [-0.4, -0.2) is 46.8 Å². The molecule has 0 spiro atoms. The molecule has 0 amide bonds. The molecular formula is C25H36N4O3. The van der Waals surface area contributed by atoms with E-state index in [-0.39, 0.29) is 12.3 Å². The normalized spacial score (nSPS) is 15.3. The number of anilines is 3. The molecule has 1 unspecified atom stereocenters. The molecule has 0 radical (unpaired) electrons. The van der Waals surface area contributed by atoms with Crippen LogP contribution in [0.25, 0.3) is 0 Å². The van der Waals surface area contributed by atoms with Crippen LogP contribution in [0.1, 0.15) is 69.9 Å². The number of benzene rings is 1. The number of hydrogen-bond acceptors (Lipinski definition) is 6. The predicted octanol–water partition coefficient (Wildman–Crippen LogP) is 5.15. The molecule has 0 bridgehead atoms. The topological polar surface area (TPSA) is 87.6 Å². The van der Waals surface area contributed by atoms with Gasteiger partial charge in [0.15, 0.2) is 0 Å². The van der Waals surface area contributed by atoms with Crippen molar-refractivity contribution in [1.82, 2.24) is 9.97 Å². The molecule has 3 rings (SSSR count). The largest absolute Gasteiger partial charge is 0.481 e. The highest BCUT2D eigenvalue weighted by Gasteiger charge is 2.24. The van der Waals surface area contributed by atoms with Gasteiger partial charge in [-0.25, -0.2) is 9.97 Å². The second-order valence-corrected chi connectivity index (χ2v) is 8.41. The summed E-state index contributed by atoms with van der Waals surface area (Å²) in [7, 11) is 0. The van der Waals surface area contributed by atoms with Crippen molar-refractivity contribution >= 4 is 23.3 Å². The average molecular weight is 441 g/mol. The van der Waals surface area contributed by atoms with E-state index in [9.17, 15) is 9.90 Å². The maximum atomic E-state index is 11.4. The minimum absolute atomic E-state index is 0.0341. The molecule has 1 aliphatic heterocycles. The zero-order valence-corrected chi connectivity index (χ0v) is 19.5. The van der Waals surface area contributed by atoms with Crippen LogP contribution in [0, 0.1) is 0 Å². The van der Waals surface area contributed by atoms with Crippen molar-refractivity contribution in [2.75, 3.05) is 30.0 Å². The molecule has 1 atom stereocenters. The molecule has 1 aliphatic rings. The van der Waals surface area contributed by atoms with Crippen molar-refractivity contribution in [3.05, 3.63) is 41.7 Å². The molecule has 1 fully saturated rings. The van der Waals surface area contributed by atoms with Crippen LogP contribution in [0.15, 0.2) is 30.6 Å². The molecule has 1 saturated heterocycles. The van der Waals surface area contributed by atoms with Gasteiger partial charge in [-0.15, -0.1) is 0 Å². The van der Waals surface area contributed by atoms with Gasteiger partial charge in [-0.1, -0.05) is 26.8 Å². The van der Waals surface area contributed by atoms with E-state index in [1.165, 1.54) is 0 Å². The number of aryl methyl sites for hydroxylation is 1. The predicted molar refractivity (Wildman–Crippen MR) is 128 cm³/mol. The Morgan fingerprint density at radius 1 is 1.22 bits per heavy atom. The van der Waals surface area contributed by atoms with Crippen LogP contribution in [-0.2, 0) is 16.0 Å². The molecule has 2 aromatic rings. The Morgan fingerprint density at radius 2 is 1.94 bits per heavy atom. The zero-order valence-electron chi connectivity index (χ0n) is 19.5. The van der Waals surface area contributed by atoms with Crippen molar-refractivity contribution in [2.45, 2.75) is 71.3 Å². The summed E-state index contributed by atoms with van der Waals surface area (Å²) in [6.07, 6.45) is 8.51. The summed E-state index contributed by atoms with van der Waals surface area (Å²) in [6.45, 7) is 8.82. The van der Waals surface area contributed by atoms with E-state index in [1.54, 1.807) is 0 Å². The third-order valence-electron chi connectivity index (χ3n) is 6.17. The number of ether oxygens (including phenoxy) is 1. The van der Waals surface area contributed by atoms with E-state index in [1.807, 2.05) is 19.3 Å². The number of hydrogen-bond donors (Lipinski definition) is 2. The first-order valence-electron chi connectivity index (χ1n) is 11.8. The van der Waals surface area contributed by atoms with Gasteiger partial charge in [0, 0.05) is 38.2 Å². The number of aromatic nitrogens is 2. The number of nitrogens with zero attached hydrogens (tertiary/aromatic N) is 3. The van der Waals surface area contributed by atoms with Gasteiger partial charge < -0.3 is 20.1 Å². The highest BCUT2D eigenvalue weighted by molar-refractivity contribution is 5.75. The summed E-state index contributed by atoms with van der Waals surface area (Å²) in [5.41, 5.74) is 4.15. The lowest BCUT2D eigenvalue weighted by atomic mass is 9.92. The Kier molecular flexibility index (Phi) is 8.85. The summed E-state index contributed by atoms with van der Waals surface area (Å²) in [6, 6.07) is 6.72. The number of rotatable bonds is 11. The molecule has 32 heavy (non-hydrogen) atoms. The first-order chi connectivity index (χ1) is 15.5. The number of carboxylic acid groups (broad SMARTS) is 1.